The van der Waals surface area contributed by atoms with Gasteiger partial charge in [0.15, 0.2) is 5.96 Å². The summed E-state index contributed by atoms with van der Waals surface area (Å²) in [5.74, 6) is 1.49. The highest BCUT2D eigenvalue weighted by Crippen LogP contribution is 2.00. The Balaban J connectivity index is 2.23. The topological polar surface area (TPSA) is 90.4 Å². The van der Waals surface area contributed by atoms with Crippen molar-refractivity contribution in [1.82, 2.24) is 20.9 Å². The molecular weight excluding hydrogens is 316 g/mol. The number of pyridine rings is 1. The fourth-order valence-electron chi connectivity index (χ4n) is 2.09. The molecule has 0 aliphatic carbocycles. The Hall–Kier alpha value is -2.31. The second-order valence-corrected chi connectivity index (χ2v) is 6.77. The molecule has 0 fully saturated rings. The van der Waals surface area contributed by atoms with Gasteiger partial charge in [0.2, 0.25) is 5.91 Å². The number of carbonyl (C=O) groups excluding carboxylic acids is 1. The number of hydrogen-bond acceptors (Lipinski definition) is 4. The predicted octanol–water partition coefficient (Wildman–Crippen LogP) is 1.74. The minimum Gasteiger partial charge on any atom is -0.370 e. The zero-order valence-electron chi connectivity index (χ0n) is 15.9. The van der Waals surface area contributed by atoms with Gasteiger partial charge in [0.25, 0.3) is 0 Å². The third-order valence-electron chi connectivity index (χ3n) is 3.11. The molecule has 0 atom stereocenters. The van der Waals surface area contributed by atoms with Crippen LogP contribution in [0.3, 0.4) is 0 Å². The van der Waals surface area contributed by atoms with E-state index in [2.05, 4.69) is 31.2 Å². The molecule has 0 spiro atoms. The lowest BCUT2D eigenvalue weighted by Gasteiger charge is -2.20. The average molecular weight is 348 g/mol. The van der Waals surface area contributed by atoms with Crippen LogP contribution in [-0.2, 0) is 4.79 Å². The van der Waals surface area contributed by atoms with Gasteiger partial charge in [0, 0.05) is 31.4 Å². The molecule has 0 aliphatic heterocycles. The largest absolute Gasteiger partial charge is 0.370 e. The van der Waals surface area contributed by atoms with Crippen LogP contribution in [0.2, 0.25) is 0 Å². The van der Waals surface area contributed by atoms with Crippen molar-refractivity contribution < 1.29 is 4.79 Å². The van der Waals surface area contributed by atoms with Gasteiger partial charge in [-0.05, 0) is 52.7 Å². The fourth-order valence-corrected chi connectivity index (χ4v) is 2.09. The van der Waals surface area contributed by atoms with E-state index in [1.165, 1.54) is 0 Å². The van der Waals surface area contributed by atoms with Crippen molar-refractivity contribution in [2.75, 3.05) is 31.5 Å². The lowest BCUT2D eigenvalue weighted by molar-refractivity contribution is -0.121. The van der Waals surface area contributed by atoms with E-state index in [1.54, 1.807) is 6.20 Å². The molecule has 0 radical (unpaired) electrons. The Bertz CT molecular complexity index is 524. The lowest BCUT2D eigenvalue weighted by atomic mass is 10.1. The van der Waals surface area contributed by atoms with E-state index in [-0.39, 0.29) is 18.0 Å². The van der Waals surface area contributed by atoms with Crippen LogP contribution in [0.25, 0.3) is 0 Å². The number of amides is 1. The first-order valence-electron chi connectivity index (χ1n) is 8.89. The van der Waals surface area contributed by atoms with E-state index < -0.39 is 0 Å². The summed E-state index contributed by atoms with van der Waals surface area (Å²) >= 11 is 0. The first-order valence-corrected chi connectivity index (χ1v) is 8.89. The van der Waals surface area contributed by atoms with Crippen molar-refractivity contribution in [2.45, 2.75) is 46.1 Å². The highest BCUT2D eigenvalue weighted by atomic mass is 16.2. The van der Waals surface area contributed by atoms with Crippen LogP contribution in [0.1, 0.15) is 40.5 Å². The Morgan fingerprint density at radius 3 is 2.56 bits per heavy atom. The van der Waals surface area contributed by atoms with Crippen LogP contribution in [0.15, 0.2) is 29.4 Å². The monoisotopic (exact) mass is 348 g/mol. The number of aromatic nitrogens is 1. The second-order valence-electron chi connectivity index (χ2n) is 6.77. The van der Waals surface area contributed by atoms with Gasteiger partial charge in [-0.1, -0.05) is 6.07 Å². The molecule has 0 saturated carbocycles. The molecular formula is C18H32N6O. The van der Waals surface area contributed by atoms with Crippen molar-refractivity contribution in [2.24, 2.45) is 4.99 Å². The molecule has 1 heterocycles. The number of hydrogen-bond donors (Lipinski definition) is 4. The standard InChI is InChI=1S/C18H32N6O/c1-5-19-17(23-14-16(25)24-18(2,3)4)22-13-9-8-12-21-15-10-6-7-11-20-15/h6-7,10-11H,5,8-9,12-14H2,1-4H3,(H,20,21)(H,24,25)(H2,19,22,23). The van der Waals surface area contributed by atoms with Gasteiger partial charge in [-0.25, -0.2) is 9.98 Å². The minimum absolute atomic E-state index is 0.0794. The van der Waals surface area contributed by atoms with E-state index >= 15 is 0 Å². The SMILES string of the molecule is CCNC(=NCC(=O)NC(C)(C)C)NCCCCNc1ccccn1. The Morgan fingerprint density at radius 1 is 1.16 bits per heavy atom. The van der Waals surface area contributed by atoms with Crippen LogP contribution < -0.4 is 21.3 Å². The average Bonchev–Trinajstić information content (AvgIpc) is 2.55. The molecule has 1 aromatic rings. The maximum Gasteiger partial charge on any atom is 0.242 e. The van der Waals surface area contributed by atoms with E-state index in [1.807, 2.05) is 45.9 Å². The van der Waals surface area contributed by atoms with E-state index in [0.29, 0.717) is 5.96 Å². The van der Waals surface area contributed by atoms with Crippen LogP contribution >= 0.6 is 0 Å². The summed E-state index contributed by atoms with van der Waals surface area (Å²) in [6, 6.07) is 5.82. The maximum atomic E-state index is 11.8. The summed E-state index contributed by atoms with van der Waals surface area (Å²) in [6.07, 6.45) is 3.80. The molecule has 0 saturated heterocycles. The summed E-state index contributed by atoms with van der Waals surface area (Å²) in [7, 11) is 0. The van der Waals surface area contributed by atoms with Gasteiger partial charge in [0.1, 0.15) is 12.4 Å². The van der Waals surface area contributed by atoms with Crippen molar-refractivity contribution in [3.63, 3.8) is 0 Å². The van der Waals surface area contributed by atoms with Gasteiger partial charge in [-0.2, -0.15) is 0 Å². The van der Waals surface area contributed by atoms with E-state index in [9.17, 15) is 4.79 Å². The van der Waals surface area contributed by atoms with Crippen molar-refractivity contribution in [3.05, 3.63) is 24.4 Å². The number of nitrogens with zero attached hydrogens (tertiary/aromatic N) is 2. The van der Waals surface area contributed by atoms with Crippen molar-refractivity contribution in [1.29, 1.82) is 0 Å². The Morgan fingerprint density at radius 2 is 1.92 bits per heavy atom. The second kappa shape index (κ2) is 11.3. The smallest absolute Gasteiger partial charge is 0.242 e. The van der Waals surface area contributed by atoms with Crippen LogP contribution in [-0.4, -0.2) is 48.6 Å². The summed E-state index contributed by atoms with van der Waals surface area (Å²) in [5.41, 5.74) is -0.237. The molecule has 25 heavy (non-hydrogen) atoms. The molecule has 0 bridgehead atoms. The number of guanidine groups is 1. The van der Waals surface area contributed by atoms with Gasteiger partial charge >= 0.3 is 0 Å². The summed E-state index contributed by atoms with van der Waals surface area (Å²) in [4.78, 5) is 20.4. The molecule has 1 amide bonds. The van der Waals surface area contributed by atoms with Gasteiger partial charge < -0.3 is 21.3 Å². The fraction of sp³-hybridized carbons (Fsp3) is 0.611. The summed E-state index contributed by atoms with van der Waals surface area (Å²) in [5, 5.41) is 12.6. The zero-order chi connectivity index (χ0) is 18.5. The van der Waals surface area contributed by atoms with Crippen molar-refractivity contribution in [3.8, 4) is 0 Å². The molecule has 4 N–H and O–H groups in total. The normalized spacial score (nSPS) is 11.8. The van der Waals surface area contributed by atoms with Gasteiger partial charge in [-0.15, -0.1) is 0 Å². The Labute approximate surface area is 151 Å². The summed E-state index contributed by atoms with van der Waals surface area (Å²) in [6.45, 7) is 10.4. The zero-order valence-corrected chi connectivity index (χ0v) is 15.9. The molecule has 0 unspecified atom stereocenters. The summed E-state index contributed by atoms with van der Waals surface area (Å²) < 4.78 is 0. The quantitative estimate of drug-likeness (QED) is 0.310. The highest BCUT2D eigenvalue weighted by Gasteiger charge is 2.13. The third kappa shape index (κ3) is 11.0. The number of carbonyl (C=O) groups is 1. The van der Waals surface area contributed by atoms with Crippen LogP contribution in [0.5, 0.6) is 0 Å². The molecule has 140 valence electrons. The third-order valence-corrected chi connectivity index (χ3v) is 3.11. The van der Waals surface area contributed by atoms with Gasteiger partial charge in [-0.3, -0.25) is 4.79 Å². The Kier molecular flexibility index (Phi) is 9.36. The first kappa shape index (κ1) is 20.7. The molecule has 7 nitrogen and oxygen atoms in total. The number of unbranched alkanes of at least 4 members (excludes halogenated alkanes) is 1. The number of rotatable bonds is 9. The van der Waals surface area contributed by atoms with E-state index in [0.717, 1.165) is 38.3 Å². The minimum atomic E-state index is -0.237. The predicted molar refractivity (Wildman–Crippen MR) is 104 cm³/mol. The lowest BCUT2D eigenvalue weighted by Crippen LogP contribution is -2.43. The van der Waals surface area contributed by atoms with Gasteiger partial charge in [0.05, 0.1) is 0 Å². The molecule has 7 heteroatoms. The number of nitrogens with one attached hydrogen (secondary N) is 4. The highest BCUT2D eigenvalue weighted by molar-refractivity contribution is 5.85. The van der Waals surface area contributed by atoms with Crippen LogP contribution in [0, 0.1) is 0 Å². The molecule has 0 aliphatic rings. The van der Waals surface area contributed by atoms with Crippen molar-refractivity contribution >= 4 is 17.7 Å². The molecule has 1 aromatic heterocycles. The maximum absolute atomic E-state index is 11.8. The molecule has 0 aromatic carbocycles. The number of aliphatic imine (C=N–C) groups is 1. The first-order chi connectivity index (χ1) is 11.9. The number of anilines is 1. The van der Waals surface area contributed by atoms with E-state index in [4.69, 9.17) is 0 Å². The molecule has 1 rings (SSSR count). The van der Waals surface area contributed by atoms with Crippen LogP contribution in [0.4, 0.5) is 5.82 Å².